The molecule has 5 heteroatoms. The van der Waals surface area contributed by atoms with Gasteiger partial charge in [0.25, 0.3) is 0 Å². The predicted octanol–water partition coefficient (Wildman–Crippen LogP) is 1.36. The third-order valence-corrected chi connectivity index (χ3v) is 2.26. The fourth-order valence-electron chi connectivity index (χ4n) is 0.785. The molecule has 70 valence electrons. The molecule has 0 bridgehead atoms. The Balaban J connectivity index is 3.16. The molecule has 13 heavy (non-hydrogen) atoms. The van der Waals surface area contributed by atoms with Crippen molar-refractivity contribution in [3.8, 4) is 0 Å². The highest BCUT2D eigenvalue weighted by atomic mass is 32.2. The lowest BCUT2D eigenvalue weighted by Crippen LogP contribution is -2.00. The Labute approximate surface area is 76.7 Å². The van der Waals surface area contributed by atoms with Crippen LogP contribution in [0.2, 0.25) is 0 Å². The Bertz CT molecular complexity index is 419. The van der Waals surface area contributed by atoms with Gasteiger partial charge in [0, 0.05) is 6.20 Å². The molecule has 0 spiro atoms. The minimum absolute atomic E-state index is 0.350. The summed E-state index contributed by atoms with van der Waals surface area (Å²) in [5, 5.41) is -0.350. The molecule has 1 N–H and O–H groups in total. The van der Waals surface area contributed by atoms with Gasteiger partial charge in [0.05, 0.1) is 0 Å². The fraction of sp³-hybridized carbons (Fsp3) is 0.125. The number of hydrogen-bond acceptors (Lipinski definition) is 3. The molecule has 1 rings (SSSR count). The van der Waals surface area contributed by atoms with Crippen LogP contribution in [0.3, 0.4) is 0 Å². The third kappa shape index (κ3) is 2.37. The number of hydrogen-bond donors (Lipinski definition) is 1. The van der Waals surface area contributed by atoms with Gasteiger partial charge in [-0.2, -0.15) is 8.42 Å². The summed E-state index contributed by atoms with van der Waals surface area (Å²) in [5.74, 6) is 0. The largest absolute Gasteiger partial charge is 0.312 e. The van der Waals surface area contributed by atoms with Gasteiger partial charge in [0.1, 0.15) is 0 Å². The Hall–Kier alpha value is -1.20. The molecule has 0 atom stereocenters. The summed E-state index contributed by atoms with van der Waals surface area (Å²) in [6, 6.07) is 2.78. The van der Waals surface area contributed by atoms with E-state index in [1.54, 1.807) is 13.0 Å². The Kier molecular flexibility index (Phi) is 2.49. The lowest BCUT2D eigenvalue weighted by molar-refractivity contribution is 0.479. The van der Waals surface area contributed by atoms with Crippen LogP contribution >= 0.6 is 0 Å². The maximum absolute atomic E-state index is 10.6. The van der Waals surface area contributed by atoms with E-state index in [1.807, 2.05) is 0 Å². The van der Waals surface area contributed by atoms with Crippen LogP contribution in [0, 0.1) is 0 Å². The zero-order valence-corrected chi connectivity index (χ0v) is 7.87. The number of nitrogens with zero attached hydrogens (tertiary/aromatic N) is 1. The van der Waals surface area contributed by atoms with E-state index in [-0.39, 0.29) is 5.03 Å². The average Bonchev–Trinajstić information content (AvgIpc) is 2.03. The SMILES string of the molecule is C=C(C)c1ccc(S(=O)(=O)O)nc1. The predicted molar refractivity (Wildman–Crippen MR) is 48.8 cm³/mol. The minimum atomic E-state index is -4.19. The second-order valence-electron chi connectivity index (χ2n) is 2.64. The van der Waals surface area contributed by atoms with Gasteiger partial charge in [-0.15, -0.1) is 0 Å². The van der Waals surface area contributed by atoms with Crippen LogP contribution in [0.25, 0.3) is 5.57 Å². The van der Waals surface area contributed by atoms with Gasteiger partial charge in [0.15, 0.2) is 5.03 Å². The van der Waals surface area contributed by atoms with Crippen LogP contribution in [0.15, 0.2) is 29.9 Å². The van der Waals surface area contributed by atoms with Crippen LogP contribution in [0.5, 0.6) is 0 Å². The molecular weight excluding hydrogens is 190 g/mol. The first-order chi connectivity index (χ1) is 5.91. The molecule has 0 fully saturated rings. The average molecular weight is 199 g/mol. The van der Waals surface area contributed by atoms with E-state index >= 15 is 0 Å². The first-order valence-electron chi connectivity index (χ1n) is 3.50. The van der Waals surface area contributed by atoms with E-state index in [0.29, 0.717) is 0 Å². The molecule has 0 aliphatic rings. The molecule has 4 nitrogen and oxygen atoms in total. The van der Waals surface area contributed by atoms with Crippen LogP contribution in [0.4, 0.5) is 0 Å². The van der Waals surface area contributed by atoms with Crippen molar-refractivity contribution in [2.24, 2.45) is 0 Å². The third-order valence-electron chi connectivity index (χ3n) is 1.49. The highest BCUT2D eigenvalue weighted by molar-refractivity contribution is 7.85. The number of rotatable bonds is 2. The van der Waals surface area contributed by atoms with Gasteiger partial charge in [0.2, 0.25) is 0 Å². The van der Waals surface area contributed by atoms with Gasteiger partial charge < -0.3 is 0 Å². The van der Waals surface area contributed by atoms with E-state index in [4.69, 9.17) is 4.55 Å². The number of pyridine rings is 1. The standard InChI is InChI=1S/C8H9NO3S/c1-6(2)7-3-4-8(9-5-7)13(10,11)12/h3-5H,1H2,2H3,(H,10,11,12). The summed E-state index contributed by atoms with van der Waals surface area (Å²) in [7, 11) is -4.19. The van der Waals surface area contributed by atoms with Crippen LogP contribution in [-0.4, -0.2) is 18.0 Å². The van der Waals surface area contributed by atoms with Gasteiger partial charge in [-0.05, 0) is 24.1 Å². The smallest absolute Gasteiger partial charge is 0.281 e. The topological polar surface area (TPSA) is 67.3 Å². The summed E-state index contributed by atoms with van der Waals surface area (Å²) in [6.45, 7) is 5.45. The van der Waals surface area contributed by atoms with Crippen LogP contribution in [0.1, 0.15) is 12.5 Å². The normalized spacial score (nSPS) is 11.2. The van der Waals surface area contributed by atoms with E-state index in [2.05, 4.69) is 11.6 Å². The molecule has 1 heterocycles. The van der Waals surface area contributed by atoms with Gasteiger partial charge in [-0.1, -0.05) is 12.6 Å². The molecule has 1 aromatic heterocycles. The minimum Gasteiger partial charge on any atom is -0.281 e. The first-order valence-corrected chi connectivity index (χ1v) is 4.94. The van der Waals surface area contributed by atoms with Crippen molar-refractivity contribution in [3.05, 3.63) is 30.5 Å². The maximum atomic E-state index is 10.6. The maximum Gasteiger partial charge on any atom is 0.312 e. The van der Waals surface area contributed by atoms with Crippen molar-refractivity contribution in [1.29, 1.82) is 0 Å². The number of aromatic nitrogens is 1. The summed E-state index contributed by atoms with van der Waals surface area (Å²) < 4.78 is 29.8. The quantitative estimate of drug-likeness (QED) is 0.730. The Morgan fingerprint density at radius 3 is 2.46 bits per heavy atom. The zero-order valence-electron chi connectivity index (χ0n) is 7.06. The number of allylic oxidation sites excluding steroid dienone is 1. The van der Waals surface area contributed by atoms with E-state index in [9.17, 15) is 8.42 Å². The molecule has 0 saturated heterocycles. The van der Waals surface area contributed by atoms with Gasteiger partial charge in [-0.3, -0.25) is 4.55 Å². The van der Waals surface area contributed by atoms with Crippen LogP contribution < -0.4 is 0 Å². The van der Waals surface area contributed by atoms with Crippen molar-refractivity contribution >= 4 is 15.7 Å². The van der Waals surface area contributed by atoms with Crippen LogP contribution in [-0.2, 0) is 10.1 Å². The second kappa shape index (κ2) is 3.27. The Morgan fingerprint density at radius 2 is 2.15 bits per heavy atom. The Morgan fingerprint density at radius 1 is 1.54 bits per heavy atom. The highest BCUT2D eigenvalue weighted by Crippen LogP contribution is 2.12. The molecule has 0 aliphatic heterocycles. The molecule has 0 aromatic carbocycles. The lowest BCUT2D eigenvalue weighted by Gasteiger charge is -1.99. The monoisotopic (exact) mass is 199 g/mol. The molecule has 0 aliphatic carbocycles. The fourth-order valence-corrected chi connectivity index (χ4v) is 1.21. The highest BCUT2D eigenvalue weighted by Gasteiger charge is 2.10. The van der Waals surface area contributed by atoms with Crippen molar-refractivity contribution in [2.75, 3.05) is 0 Å². The summed E-state index contributed by atoms with van der Waals surface area (Å²) in [5.41, 5.74) is 1.53. The second-order valence-corrected chi connectivity index (χ2v) is 4.01. The lowest BCUT2D eigenvalue weighted by atomic mass is 10.2. The van der Waals surface area contributed by atoms with E-state index in [0.717, 1.165) is 11.1 Å². The zero-order chi connectivity index (χ0) is 10.1. The molecule has 0 amide bonds. The van der Waals surface area contributed by atoms with Crippen molar-refractivity contribution < 1.29 is 13.0 Å². The van der Waals surface area contributed by atoms with Crippen molar-refractivity contribution in [2.45, 2.75) is 11.9 Å². The molecular formula is C8H9NO3S. The molecule has 0 saturated carbocycles. The van der Waals surface area contributed by atoms with E-state index in [1.165, 1.54) is 12.3 Å². The molecule has 0 radical (unpaired) electrons. The van der Waals surface area contributed by atoms with Gasteiger partial charge in [-0.25, -0.2) is 4.98 Å². The summed E-state index contributed by atoms with van der Waals surface area (Å²) in [4.78, 5) is 3.57. The van der Waals surface area contributed by atoms with E-state index < -0.39 is 10.1 Å². The first kappa shape index (κ1) is 9.88. The van der Waals surface area contributed by atoms with Crippen molar-refractivity contribution in [1.82, 2.24) is 4.98 Å². The molecule has 1 aromatic rings. The summed E-state index contributed by atoms with van der Waals surface area (Å²) in [6.07, 6.45) is 1.35. The molecule has 0 unspecified atom stereocenters. The van der Waals surface area contributed by atoms with Crippen molar-refractivity contribution in [3.63, 3.8) is 0 Å². The summed E-state index contributed by atoms with van der Waals surface area (Å²) >= 11 is 0. The van der Waals surface area contributed by atoms with Gasteiger partial charge >= 0.3 is 10.1 Å².